The van der Waals surface area contributed by atoms with Gasteiger partial charge in [0.1, 0.15) is 0 Å². The van der Waals surface area contributed by atoms with Crippen molar-refractivity contribution in [2.75, 3.05) is 6.61 Å². The molecule has 6 heteroatoms. The third-order valence-electron chi connectivity index (χ3n) is 2.54. The van der Waals surface area contributed by atoms with Crippen LogP contribution < -0.4 is 4.74 Å². The molecule has 82 valence electrons. The molecular formula is C9H11Cl2N3O. The van der Waals surface area contributed by atoms with E-state index in [4.69, 9.17) is 27.9 Å². The lowest BCUT2D eigenvalue weighted by molar-refractivity contribution is 0.211. The summed E-state index contributed by atoms with van der Waals surface area (Å²) in [5.74, 6) is 0.804. The van der Waals surface area contributed by atoms with Crippen LogP contribution in [0.25, 0.3) is 0 Å². The van der Waals surface area contributed by atoms with Crippen LogP contribution in [0.15, 0.2) is 0 Å². The van der Waals surface area contributed by atoms with Gasteiger partial charge in [-0.2, -0.15) is 15.0 Å². The van der Waals surface area contributed by atoms with E-state index in [1.54, 1.807) is 0 Å². The Hall–Kier alpha value is -0.610. The van der Waals surface area contributed by atoms with Crippen molar-refractivity contribution in [1.29, 1.82) is 0 Å². The van der Waals surface area contributed by atoms with Gasteiger partial charge < -0.3 is 4.74 Å². The Morgan fingerprint density at radius 3 is 2.33 bits per heavy atom. The molecule has 0 bridgehead atoms. The van der Waals surface area contributed by atoms with Crippen LogP contribution in [0.1, 0.15) is 25.7 Å². The largest absolute Gasteiger partial charge is 0.463 e. The number of rotatable bonds is 4. The molecule has 0 N–H and O–H groups in total. The molecule has 0 spiro atoms. The lowest BCUT2D eigenvalue weighted by Crippen LogP contribution is -2.15. The van der Waals surface area contributed by atoms with Gasteiger partial charge in [0, 0.05) is 0 Å². The van der Waals surface area contributed by atoms with E-state index in [1.807, 2.05) is 0 Å². The minimum atomic E-state index is 0.0636. The fraction of sp³-hybridized carbons (Fsp3) is 0.667. The number of hydrogen-bond acceptors (Lipinski definition) is 4. The first-order valence-corrected chi connectivity index (χ1v) is 5.69. The topological polar surface area (TPSA) is 47.9 Å². The predicted molar refractivity (Wildman–Crippen MR) is 57.3 cm³/mol. The molecule has 1 heterocycles. The number of aromatic nitrogens is 3. The van der Waals surface area contributed by atoms with Gasteiger partial charge in [-0.1, -0.05) is 19.3 Å². The van der Waals surface area contributed by atoms with Crippen LogP contribution in [0.4, 0.5) is 0 Å². The first-order chi connectivity index (χ1) is 7.24. The Balaban J connectivity index is 1.81. The van der Waals surface area contributed by atoms with Gasteiger partial charge in [0.25, 0.3) is 0 Å². The van der Waals surface area contributed by atoms with E-state index in [2.05, 4.69) is 15.0 Å². The van der Waals surface area contributed by atoms with Crippen molar-refractivity contribution in [2.45, 2.75) is 25.7 Å². The molecule has 4 nitrogen and oxygen atoms in total. The van der Waals surface area contributed by atoms with E-state index in [1.165, 1.54) is 19.3 Å². The average molecular weight is 248 g/mol. The van der Waals surface area contributed by atoms with Gasteiger partial charge in [-0.3, -0.25) is 0 Å². The van der Waals surface area contributed by atoms with Crippen LogP contribution in [0.3, 0.4) is 0 Å². The minimum Gasteiger partial charge on any atom is -0.463 e. The van der Waals surface area contributed by atoms with Crippen LogP contribution in [0, 0.1) is 5.92 Å². The van der Waals surface area contributed by atoms with Crippen molar-refractivity contribution in [3.8, 4) is 6.01 Å². The molecule has 0 unspecified atom stereocenters. The lowest BCUT2D eigenvalue weighted by Gasteiger charge is -2.24. The molecule has 0 aliphatic heterocycles. The molecule has 0 aromatic carbocycles. The summed E-state index contributed by atoms with van der Waals surface area (Å²) in [5, 5.41) is 0.127. The summed E-state index contributed by atoms with van der Waals surface area (Å²) in [4.78, 5) is 11.3. The van der Waals surface area contributed by atoms with Gasteiger partial charge in [0.15, 0.2) is 0 Å². The van der Waals surface area contributed by atoms with Crippen molar-refractivity contribution >= 4 is 23.2 Å². The average Bonchev–Trinajstić information content (AvgIpc) is 2.07. The standard InChI is InChI=1S/C9H11Cl2N3O/c10-7-12-8(11)14-9(13-7)15-5-4-6-2-1-3-6/h6H,1-5H2. The van der Waals surface area contributed by atoms with Crippen LogP contribution in [0.2, 0.25) is 10.6 Å². The van der Waals surface area contributed by atoms with E-state index in [0.717, 1.165) is 12.3 Å². The second-order valence-corrected chi connectivity index (χ2v) is 4.27. The van der Waals surface area contributed by atoms with Gasteiger partial charge in [0.05, 0.1) is 6.61 Å². The summed E-state index contributed by atoms with van der Waals surface area (Å²) in [6.45, 7) is 0.612. The predicted octanol–water partition coefficient (Wildman–Crippen LogP) is 2.75. The smallest absolute Gasteiger partial charge is 0.322 e. The second kappa shape index (κ2) is 4.94. The van der Waals surface area contributed by atoms with E-state index in [9.17, 15) is 0 Å². The molecule has 1 aliphatic rings. The van der Waals surface area contributed by atoms with Gasteiger partial charge in [-0.15, -0.1) is 0 Å². The molecular weight excluding hydrogens is 237 g/mol. The van der Waals surface area contributed by atoms with E-state index >= 15 is 0 Å². The van der Waals surface area contributed by atoms with E-state index < -0.39 is 0 Å². The Morgan fingerprint density at radius 1 is 1.13 bits per heavy atom. The number of nitrogens with zero attached hydrogens (tertiary/aromatic N) is 3. The van der Waals surface area contributed by atoms with Crippen molar-refractivity contribution < 1.29 is 4.74 Å². The van der Waals surface area contributed by atoms with Crippen molar-refractivity contribution in [2.24, 2.45) is 5.92 Å². The summed E-state index contributed by atoms with van der Waals surface area (Å²) < 4.78 is 5.34. The normalized spacial score (nSPS) is 16.1. The molecule has 1 aromatic heterocycles. The molecule has 2 rings (SSSR count). The zero-order valence-corrected chi connectivity index (χ0v) is 9.63. The number of ether oxygens (including phenoxy) is 1. The van der Waals surface area contributed by atoms with Crippen LogP contribution in [-0.2, 0) is 0 Å². The Morgan fingerprint density at radius 2 is 1.80 bits per heavy atom. The highest BCUT2D eigenvalue weighted by molar-refractivity contribution is 6.31. The first-order valence-electron chi connectivity index (χ1n) is 4.94. The summed E-state index contributed by atoms with van der Waals surface area (Å²) >= 11 is 11.2. The molecule has 0 atom stereocenters. The van der Waals surface area contributed by atoms with Crippen molar-refractivity contribution in [3.63, 3.8) is 0 Å². The molecule has 1 aliphatic carbocycles. The van der Waals surface area contributed by atoms with Gasteiger partial charge >= 0.3 is 6.01 Å². The Labute approximate surface area is 98.0 Å². The van der Waals surface area contributed by atoms with Crippen LogP contribution >= 0.6 is 23.2 Å². The van der Waals surface area contributed by atoms with E-state index in [0.29, 0.717) is 6.61 Å². The van der Waals surface area contributed by atoms with Crippen LogP contribution in [0.5, 0.6) is 6.01 Å². The summed E-state index contributed by atoms with van der Waals surface area (Å²) in [5.41, 5.74) is 0. The SMILES string of the molecule is Clc1nc(Cl)nc(OCCC2CCC2)n1. The Kier molecular flexibility index (Phi) is 3.59. The van der Waals surface area contributed by atoms with Crippen molar-refractivity contribution in [3.05, 3.63) is 10.6 Å². The molecule has 15 heavy (non-hydrogen) atoms. The minimum absolute atomic E-state index is 0.0636. The second-order valence-electron chi connectivity index (χ2n) is 3.59. The number of hydrogen-bond donors (Lipinski definition) is 0. The summed E-state index contributed by atoms with van der Waals surface area (Å²) in [6, 6.07) is 0.208. The van der Waals surface area contributed by atoms with Gasteiger partial charge in [-0.05, 0) is 35.5 Å². The fourth-order valence-electron chi connectivity index (χ4n) is 1.47. The Bertz CT molecular complexity index is 324. The monoisotopic (exact) mass is 247 g/mol. The molecule has 1 saturated carbocycles. The molecule has 0 amide bonds. The third-order valence-corrected chi connectivity index (χ3v) is 2.88. The highest BCUT2D eigenvalue weighted by Gasteiger charge is 2.17. The van der Waals surface area contributed by atoms with Gasteiger partial charge in [0.2, 0.25) is 10.6 Å². The first kappa shape index (κ1) is 10.9. The molecule has 0 saturated heterocycles. The highest BCUT2D eigenvalue weighted by atomic mass is 35.5. The third kappa shape index (κ3) is 3.18. The molecule has 1 fully saturated rings. The van der Waals surface area contributed by atoms with Crippen molar-refractivity contribution in [1.82, 2.24) is 15.0 Å². The fourth-order valence-corrected chi connectivity index (χ4v) is 1.82. The maximum absolute atomic E-state index is 5.60. The van der Waals surface area contributed by atoms with Gasteiger partial charge in [-0.25, -0.2) is 0 Å². The quantitative estimate of drug-likeness (QED) is 0.821. The van der Waals surface area contributed by atoms with E-state index in [-0.39, 0.29) is 16.6 Å². The zero-order chi connectivity index (χ0) is 10.7. The molecule has 1 aromatic rings. The summed E-state index contributed by atoms with van der Waals surface area (Å²) in [6.07, 6.45) is 5.00. The lowest BCUT2D eigenvalue weighted by atomic mass is 9.83. The maximum atomic E-state index is 5.60. The van der Waals surface area contributed by atoms with Crippen LogP contribution in [-0.4, -0.2) is 21.6 Å². The number of halogens is 2. The molecule has 0 radical (unpaired) electrons. The highest BCUT2D eigenvalue weighted by Crippen LogP contribution is 2.29. The zero-order valence-electron chi connectivity index (χ0n) is 8.12. The summed E-state index contributed by atoms with van der Waals surface area (Å²) in [7, 11) is 0. The maximum Gasteiger partial charge on any atom is 0.322 e.